The first-order valence-corrected chi connectivity index (χ1v) is 16.2. The number of rotatable bonds is 4. The summed E-state index contributed by atoms with van der Waals surface area (Å²) < 4.78 is 11.7. The third-order valence-corrected chi connectivity index (χ3v) is 9.12. The van der Waals surface area contributed by atoms with Gasteiger partial charge in [0.05, 0.1) is 6.04 Å². The Bertz CT molecular complexity index is 1610. The molecule has 0 spiro atoms. The van der Waals surface area contributed by atoms with Crippen LogP contribution < -0.4 is 10.6 Å². The van der Waals surface area contributed by atoms with Gasteiger partial charge in [0.2, 0.25) is 17.7 Å². The number of H-pyrrole nitrogens is 1. The van der Waals surface area contributed by atoms with Crippen LogP contribution in [-0.4, -0.2) is 72.0 Å². The van der Waals surface area contributed by atoms with Gasteiger partial charge in [0.1, 0.15) is 18.2 Å². The molecule has 1 aromatic heterocycles. The lowest BCUT2D eigenvalue weighted by Crippen LogP contribution is -2.56. The number of cyclic esters (lactones) is 1. The molecule has 2 aromatic carbocycles. The summed E-state index contributed by atoms with van der Waals surface area (Å²) >= 11 is 0. The summed E-state index contributed by atoms with van der Waals surface area (Å²) in [6.07, 6.45) is 2.79. The minimum absolute atomic E-state index is 0.160. The van der Waals surface area contributed by atoms with Gasteiger partial charge in [-0.2, -0.15) is 0 Å². The monoisotopic (exact) mass is 644 g/mol. The van der Waals surface area contributed by atoms with Gasteiger partial charge in [-0.1, -0.05) is 73.5 Å². The zero-order valence-corrected chi connectivity index (χ0v) is 28.6. The number of hydrogen-bond donors (Lipinski definition) is 3. The molecule has 1 aliphatic heterocycles. The van der Waals surface area contributed by atoms with E-state index in [0.29, 0.717) is 12.0 Å². The van der Waals surface area contributed by atoms with Crippen molar-refractivity contribution in [2.75, 3.05) is 14.2 Å². The quantitative estimate of drug-likeness (QED) is 0.277. The van der Waals surface area contributed by atoms with Crippen LogP contribution in [0.1, 0.15) is 63.8 Å². The molecule has 2 heterocycles. The van der Waals surface area contributed by atoms with Crippen LogP contribution >= 0.6 is 0 Å². The first-order valence-electron chi connectivity index (χ1n) is 16.2. The molecule has 47 heavy (non-hydrogen) atoms. The van der Waals surface area contributed by atoms with Gasteiger partial charge in [0.25, 0.3) is 0 Å². The van der Waals surface area contributed by atoms with Gasteiger partial charge in [-0.05, 0) is 51.3 Å². The number of aromatic nitrogens is 1. The van der Waals surface area contributed by atoms with E-state index in [4.69, 9.17) is 9.47 Å². The third-order valence-electron chi connectivity index (χ3n) is 9.12. The molecule has 10 heteroatoms. The van der Waals surface area contributed by atoms with Crippen molar-refractivity contribution in [3.05, 3.63) is 83.1 Å². The third kappa shape index (κ3) is 8.48. The molecule has 0 unspecified atom stereocenters. The summed E-state index contributed by atoms with van der Waals surface area (Å²) in [5, 5.41) is 6.83. The molecule has 7 atom stereocenters. The van der Waals surface area contributed by atoms with Crippen LogP contribution in [0.3, 0.4) is 0 Å². The number of allylic oxidation sites excluding steroid dienone is 1. The van der Waals surface area contributed by atoms with E-state index >= 15 is 0 Å². The number of aryl methyl sites for hydroxylation is 1. The fourth-order valence-corrected chi connectivity index (χ4v) is 6.10. The second-order valence-corrected chi connectivity index (χ2v) is 12.9. The summed E-state index contributed by atoms with van der Waals surface area (Å²) in [5.41, 5.74) is 4.36. The van der Waals surface area contributed by atoms with E-state index < -0.39 is 54.0 Å². The summed E-state index contributed by atoms with van der Waals surface area (Å²) in [6.45, 7) is 11.1. The Morgan fingerprint density at radius 2 is 1.60 bits per heavy atom. The summed E-state index contributed by atoms with van der Waals surface area (Å²) in [4.78, 5) is 59.8. The van der Waals surface area contributed by atoms with Gasteiger partial charge in [-0.3, -0.25) is 14.4 Å². The van der Waals surface area contributed by atoms with E-state index in [1.807, 2.05) is 95.4 Å². The number of ether oxygens (including phenoxy) is 2. The number of likely N-dealkylation sites (N-methyl/N-ethyl adjacent to an activating group) is 1. The minimum atomic E-state index is -1.17. The molecular weight excluding hydrogens is 596 g/mol. The molecule has 3 aromatic rings. The maximum absolute atomic E-state index is 14.4. The Morgan fingerprint density at radius 3 is 2.28 bits per heavy atom. The maximum atomic E-state index is 14.4. The lowest BCUT2D eigenvalue weighted by Gasteiger charge is -2.33. The number of para-hydroxylation sites is 1. The zero-order chi connectivity index (χ0) is 34.4. The van der Waals surface area contributed by atoms with Gasteiger partial charge >= 0.3 is 5.97 Å². The van der Waals surface area contributed by atoms with Crippen LogP contribution in [0.25, 0.3) is 10.9 Å². The Hall–Kier alpha value is -4.44. The molecule has 0 saturated heterocycles. The lowest BCUT2D eigenvalue weighted by molar-refractivity contribution is -0.164. The second-order valence-electron chi connectivity index (χ2n) is 12.9. The largest absolute Gasteiger partial charge is 0.460 e. The molecule has 4 rings (SSSR count). The van der Waals surface area contributed by atoms with Crippen LogP contribution in [-0.2, 0) is 35.1 Å². The Morgan fingerprint density at radius 1 is 0.915 bits per heavy atom. The summed E-state index contributed by atoms with van der Waals surface area (Å²) in [5.74, 6) is -2.36. The van der Waals surface area contributed by atoms with Crippen LogP contribution in [0.2, 0.25) is 0 Å². The number of aromatic amines is 1. The van der Waals surface area contributed by atoms with E-state index in [-0.39, 0.29) is 18.2 Å². The van der Waals surface area contributed by atoms with Crippen LogP contribution in [0.5, 0.6) is 0 Å². The van der Waals surface area contributed by atoms with Crippen LogP contribution in [0, 0.1) is 18.8 Å². The van der Waals surface area contributed by atoms with Gasteiger partial charge < -0.3 is 30.0 Å². The Kier molecular flexibility index (Phi) is 11.6. The smallest absolute Gasteiger partial charge is 0.338 e. The molecule has 3 amide bonds. The molecule has 0 saturated carbocycles. The SMILES string of the molecule is CO[C@@H]1C(=O)O[C@H](C)[C@H](C)/C=C(\C)C[C@H](C)C(=O)N[C@@H](C)C(=O)N(C)[C@H](Cc2c[nH]c3ccccc23)C(=O)N[C@H]1c1ccc(C)cc1. The van der Waals surface area contributed by atoms with Crippen LogP contribution in [0.4, 0.5) is 0 Å². The zero-order valence-electron chi connectivity index (χ0n) is 28.6. The highest BCUT2D eigenvalue weighted by molar-refractivity contribution is 5.93. The summed E-state index contributed by atoms with van der Waals surface area (Å²) in [6, 6.07) is 12.4. The van der Waals surface area contributed by atoms with Crippen molar-refractivity contribution in [3.63, 3.8) is 0 Å². The van der Waals surface area contributed by atoms with Crippen LogP contribution in [0.15, 0.2) is 66.4 Å². The molecule has 0 aliphatic carbocycles. The number of carbonyl (C=O) groups excluding carboxylic acids is 4. The fraction of sp³-hybridized carbons (Fsp3) is 0.459. The van der Waals surface area contributed by atoms with Gasteiger partial charge in [-0.25, -0.2) is 4.79 Å². The predicted octanol–water partition coefficient (Wildman–Crippen LogP) is 4.78. The standard InChI is InChI=1S/C37H48N4O6/c1-21-13-15-27(16-14-21)32-33(46-8)37(45)47-26(6)23(3)17-22(2)18-24(4)34(42)39-25(5)36(44)41(7)31(35(43)40-32)19-28-20-38-30-12-10-9-11-29(28)30/h9-17,20,23-26,31-33,38H,18-19H2,1-8H3,(H,39,42)(H,40,43)/b22-17+/t23-,24+,25+,26-,31-,32+,33+/m1/s1. The molecule has 252 valence electrons. The number of nitrogens with one attached hydrogen (secondary N) is 3. The molecule has 0 radical (unpaired) electrons. The first-order chi connectivity index (χ1) is 22.3. The molecule has 1 aliphatic rings. The highest BCUT2D eigenvalue weighted by Crippen LogP contribution is 2.26. The molecule has 10 nitrogen and oxygen atoms in total. The van der Waals surface area contributed by atoms with E-state index in [1.54, 1.807) is 14.0 Å². The van der Waals surface area contributed by atoms with Gasteiger partial charge in [0, 0.05) is 49.5 Å². The van der Waals surface area contributed by atoms with Crippen molar-refractivity contribution in [1.82, 2.24) is 20.5 Å². The number of methoxy groups -OCH3 is 1. The van der Waals surface area contributed by atoms with Crippen molar-refractivity contribution in [2.45, 2.75) is 84.7 Å². The van der Waals surface area contributed by atoms with Gasteiger partial charge in [-0.15, -0.1) is 0 Å². The van der Waals surface area contributed by atoms with Crippen molar-refractivity contribution in [3.8, 4) is 0 Å². The van der Waals surface area contributed by atoms with E-state index in [0.717, 1.165) is 27.6 Å². The number of esters is 1. The molecule has 0 fully saturated rings. The number of carbonyl (C=O) groups is 4. The van der Waals surface area contributed by atoms with Crippen molar-refractivity contribution >= 4 is 34.6 Å². The number of benzene rings is 2. The van der Waals surface area contributed by atoms with Crippen molar-refractivity contribution in [1.29, 1.82) is 0 Å². The van der Waals surface area contributed by atoms with E-state index in [2.05, 4.69) is 15.6 Å². The number of hydrogen-bond acceptors (Lipinski definition) is 6. The lowest BCUT2D eigenvalue weighted by atomic mass is 9.95. The van der Waals surface area contributed by atoms with Crippen molar-refractivity contribution in [2.24, 2.45) is 11.8 Å². The molecule has 0 bridgehead atoms. The summed E-state index contributed by atoms with van der Waals surface area (Å²) in [7, 11) is 2.97. The minimum Gasteiger partial charge on any atom is -0.460 e. The normalized spacial score (nSPS) is 28.5. The average molecular weight is 645 g/mol. The molecule has 3 N–H and O–H groups in total. The Balaban J connectivity index is 1.80. The predicted molar refractivity (Wildman–Crippen MR) is 181 cm³/mol. The van der Waals surface area contributed by atoms with E-state index in [1.165, 1.54) is 12.0 Å². The fourth-order valence-electron chi connectivity index (χ4n) is 6.10. The average Bonchev–Trinajstić information content (AvgIpc) is 3.45. The van der Waals surface area contributed by atoms with Crippen molar-refractivity contribution < 1.29 is 28.7 Å². The maximum Gasteiger partial charge on any atom is 0.338 e. The topological polar surface area (TPSA) is 130 Å². The Labute approximate surface area is 277 Å². The highest BCUT2D eigenvalue weighted by atomic mass is 16.6. The van der Waals surface area contributed by atoms with E-state index in [9.17, 15) is 19.2 Å². The first kappa shape index (κ1) is 35.4. The number of fused-ring (bicyclic) bond motifs is 1. The number of nitrogens with zero attached hydrogens (tertiary/aromatic N) is 1. The van der Waals surface area contributed by atoms with Gasteiger partial charge in [0.15, 0.2) is 6.10 Å². The number of amides is 3. The molecular formula is C37H48N4O6. The second kappa shape index (κ2) is 15.4. The highest BCUT2D eigenvalue weighted by Gasteiger charge is 2.38.